The van der Waals surface area contributed by atoms with Crippen LogP contribution in [0.3, 0.4) is 0 Å². The summed E-state index contributed by atoms with van der Waals surface area (Å²) in [7, 11) is 1.73. The van der Waals surface area contributed by atoms with Gasteiger partial charge in [0, 0.05) is 44.4 Å². The van der Waals surface area contributed by atoms with E-state index in [1.807, 2.05) is 27.7 Å². The number of anilines is 2. The summed E-state index contributed by atoms with van der Waals surface area (Å²) in [6.45, 7) is 13.8. The summed E-state index contributed by atoms with van der Waals surface area (Å²) in [5, 5.41) is 22.5. The molecule has 4 N–H and O–H groups in total. The van der Waals surface area contributed by atoms with Crippen LogP contribution >= 0.6 is 0 Å². The van der Waals surface area contributed by atoms with Crippen LogP contribution in [0.1, 0.15) is 75.7 Å². The zero-order chi connectivity index (χ0) is 33.3. The number of carbonyl (C=O) groups excluding carboxylic acids is 3. The summed E-state index contributed by atoms with van der Waals surface area (Å²) in [5.41, 5.74) is 1.65. The van der Waals surface area contributed by atoms with E-state index in [2.05, 4.69) is 21.1 Å². The smallest absolute Gasteiger partial charge is 0.323 e. The van der Waals surface area contributed by atoms with Gasteiger partial charge in [0.25, 0.3) is 5.91 Å². The summed E-state index contributed by atoms with van der Waals surface area (Å²) in [5.74, 6) is 0.316. The fourth-order valence-electron chi connectivity index (χ4n) is 5.11. The van der Waals surface area contributed by atoms with Gasteiger partial charge in [-0.1, -0.05) is 12.1 Å². The van der Waals surface area contributed by atoms with Gasteiger partial charge in [-0.05, 0) is 79.0 Å². The number of urea groups is 2. The van der Waals surface area contributed by atoms with Gasteiger partial charge in [0.15, 0.2) is 5.76 Å². The highest BCUT2D eigenvalue weighted by Gasteiger charge is 2.31. The SMILES string of the molecule is Cc1noc(C)c1NC(=O)Nc1ccc2c(c1)C(=O)N([C@H](C)CO)C[C@@H](C)[C@@H](CN(C)C(=O)NC(C)C)OCCCC[C@@H](C)O2. The van der Waals surface area contributed by atoms with Gasteiger partial charge in [0.1, 0.15) is 17.1 Å². The molecule has 250 valence electrons. The quantitative estimate of drug-likeness (QED) is 0.340. The zero-order valence-electron chi connectivity index (χ0n) is 27.8. The fourth-order valence-corrected chi connectivity index (χ4v) is 5.11. The van der Waals surface area contributed by atoms with E-state index in [0.29, 0.717) is 41.7 Å². The van der Waals surface area contributed by atoms with Crippen molar-refractivity contribution in [3.63, 3.8) is 0 Å². The van der Waals surface area contributed by atoms with Gasteiger partial charge in [-0.2, -0.15) is 0 Å². The molecular weight excluding hydrogens is 580 g/mol. The third-order valence-corrected chi connectivity index (χ3v) is 7.79. The Morgan fingerprint density at radius 3 is 2.53 bits per heavy atom. The van der Waals surface area contributed by atoms with E-state index in [4.69, 9.17) is 14.0 Å². The first-order valence-corrected chi connectivity index (χ1v) is 15.7. The molecule has 0 saturated heterocycles. The van der Waals surface area contributed by atoms with Gasteiger partial charge >= 0.3 is 12.1 Å². The Kier molecular flexibility index (Phi) is 13.0. The second-order valence-electron chi connectivity index (χ2n) is 12.3. The Labute approximate surface area is 266 Å². The number of nitrogens with zero attached hydrogens (tertiary/aromatic N) is 3. The minimum atomic E-state index is -0.528. The molecule has 0 fully saturated rings. The number of likely N-dealkylation sites (N-methyl/N-ethyl adjacent to an activating group) is 1. The predicted octanol–water partition coefficient (Wildman–Crippen LogP) is 4.78. The monoisotopic (exact) mass is 630 g/mol. The summed E-state index contributed by atoms with van der Waals surface area (Å²) < 4.78 is 17.7. The maximum Gasteiger partial charge on any atom is 0.323 e. The molecule has 2 heterocycles. The number of aliphatic hydroxyl groups is 1. The molecule has 45 heavy (non-hydrogen) atoms. The largest absolute Gasteiger partial charge is 0.490 e. The molecule has 0 saturated carbocycles. The second kappa shape index (κ2) is 16.5. The van der Waals surface area contributed by atoms with Crippen LogP contribution in [0.4, 0.5) is 21.0 Å². The number of hydrogen-bond donors (Lipinski definition) is 4. The number of benzene rings is 1. The lowest BCUT2D eigenvalue weighted by atomic mass is 10.0. The summed E-state index contributed by atoms with van der Waals surface area (Å²) >= 11 is 0. The number of hydrogen-bond acceptors (Lipinski definition) is 8. The second-order valence-corrected chi connectivity index (χ2v) is 12.3. The van der Waals surface area contributed by atoms with Gasteiger partial charge < -0.3 is 44.9 Å². The molecule has 0 unspecified atom stereocenters. The van der Waals surface area contributed by atoms with Crippen molar-refractivity contribution in [2.75, 3.05) is 44.0 Å². The van der Waals surface area contributed by atoms with Gasteiger partial charge in [0.2, 0.25) is 0 Å². The molecule has 0 spiro atoms. The molecule has 0 bridgehead atoms. The predicted molar refractivity (Wildman–Crippen MR) is 172 cm³/mol. The maximum atomic E-state index is 14.3. The highest BCUT2D eigenvalue weighted by Crippen LogP contribution is 2.29. The van der Waals surface area contributed by atoms with E-state index in [9.17, 15) is 19.5 Å². The molecule has 1 aliphatic heterocycles. The van der Waals surface area contributed by atoms with Crippen molar-refractivity contribution < 1.29 is 33.5 Å². The number of carbonyl (C=O) groups is 3. The van der Waals surface area contributed by atoms with E-state index in [1.165, 1.54) is 0 Å². The number of aryl methyl sites for hydroxylation is 2. The number of ether oxygens (including phenoxy) is 2. The number of aromatic nitrogens is 1. The average Bonchev–Trinajstić information content (AvgIpc) is 3.30. The van der Waals surface area contributed by atoms with Crippen LogP contribution in [0.2, 0.25) is 0 Å². The lowest BCUT2D eigenvalue weighted by Gasteiger charge is -2.36. The zero-order valence-corrected chi connectivity index (χ0v) is 27.8. The standard InChI is InChI=1S/C32H50N6O7/c1-19(2)33-32(42)37(8)17-28-20(3)16-38(21(4)18-39)30(40)26-15-25(34-31(41)35-29-23(6)36-45-24(29)7)12-13-27(26)44-22(5)11-9-10-14-43-28/h12-13,15,19-22,28,39H,9-11,14,16-18H2,1-8H3,(H,33,42)(H2,34,35,41)/t20-,21-,22-,28-/m1/s1. The Morgan fingerprint density at radius 2 is 1.89 bits per heavy atom. The fraction of sp³-hybridized carbons (Fsp3) is 0.625. The van der Waals surface area contributed by atoms with E-state index in [0.717, 1.165) is 19.3 Å². The van der Waals surface area contributed by atoms with Crippen molar-refractivity contribution in [3.05, 3.63) is 35.2 Å². The molecule has 0 aliphatic carbocycles. The van der Waals surface area contributed by atoms with Crippen LogP contribution in [-0.4, -0.2) is 95.7 Å². The topological polar surface area (TPSA) is 158 Å². The Bertz CT molecular complexity index is 1280. The van der Waals surface area contributed by atoms with Gasteiger partial charge in [-0.3, -0.25) is 4.79 Å². The van der Waals surface area contributed by atoms with Gasteiger partial charge in [0.05, 0.1) is 30.4 Å². The van der Waals surface area contributed by atoms with Crippen LogP contribution in [0.5, 0.6) is 5.75 Å². The molecule has 5 amide bonds. The average molecular weight is 631 g/mol. The van der Waals surface area contributed by atoms with Crippen LogP contribution in [-0.2, 0) is 4.74 Å². The van der Waals surface area contributed by atoms with Crippen LogP contribution < -0.4 is 20.7 Å². The van der Waals surface area contributed by atoms with Crippen LogP contribution in [0.25, 0.3) is 0 Å². The first-order valence-electron chi connectivity index (χ1n) is 15.7. The Morgan fingerprint density at radius 1 is 1.16 bits per heavy atom. The third-order valence-electron chi connectivity index (χ3n) is 7.79. The molecule has 2 aromatic rings. The van der Waals surface area contributed by atoms with Crippen molar-refractivity contribution in [1.82, 2.24) is 20.3 Å². The lowest BCUT2D eigenvalue weighted by molar-refractivity contribution is -0.0122. The highest BCUT2D eigenvalue weighted by atomic mass is 16.5. The van der Waals surface area contributed by atoms with Crippen LogP contribution in [0, 0.1) is 19.8 Å². The molecular formula is C32H50N6O7. The van der Waals surface area contributed by atoms with Gasteiger partial charge in [-0.15, -0.1) is 0 Å². The van der Waals surface area contributed by atoms with Crippen molar-refractivity contribution in [3.8, 4) is 5.75 Å². The summed E-state index contributed by atoms with van der Waals surface area (Å²) in [4.78, 5) is 43.0. The number of aliphatic hydroxyl groups excluding tert-OH is 1. The molecule has 4 atom stereocenters. The Balaban J connectivity index is 1.93. The molecule has 1 aliphatic rings. The summed E-state index contributed by atoms with van der Waals surface area (Å²) in [6, 6.07) is 3.69. The number of amides is 5. The number of rotatable bonds is 7. The molecule has 13 nitrogen and oxygen atoms in total. The van der Waals surface area contributed by atoms with Crippen LogP contribution in [0.15, 0.2) is 22.7 Å². The lowest BCUT2D eigenvalue weighted by Crippen LogP contribution is -2.49. The number of nitrogens with one attached hydrogen (secondary N) is 3. The molecule has 1 aromatic heterocycles. The first-order chi connectivity index (χ1) is 21.3. The van der Waals surface area contributed by atoms with Crippen molar-refractivity contribution in [2.45, 2.75) is 92.0 Å². The first kappa shape index (κ1) is 35.6. The number of fused-ring (bicyclic) bond motifs is 1. The molecule has 0 radical (unpaired) electrons. The normalized spacial score (nSPS) is 20.4. The maximum absolute atomic E-state index is 14.3. The highest BCUT2D eigenvalue weighted by molar-refractivity contribution is 6.03. The van der Waals surface area contributed by atoms with E-state index in [-0.39, 0.29) is 54.8 Å². The molecule has 13 heteroatoms. The molecule has 1 aromatic carbocycles. The Hall–Kier alpha value is -3.84. The van der Waals surface area contributed by atoms with Gasteiger partial charge in [-0.25, -0.2) is 9.59 Å². The van der Waals surface area contributed by atoms with E-state index < -0.39 is 12.1 Å². The van der Waals surface area contributed by atoms with E-state index >= 15 is 0 Å². The van der Waals surface area contributed by atoms with Crippen molar-refractivity contribution in [1.29, 1.82) is 0 Å². The third kappa shape index (κ3) is 10.1. The van der Waals surface area contributed by atoms with E-state index in [1.54, 1.807) is 55.8 Å². The van der Waals surface area contributed by atoms with Crippen molar-refractivity contribution >= 4 is 29.3 Å². The summed E-state index contributed by atoms with van der Waals surface area (Å²) in [6.07, 6.45) is 1.86. The molecule has 3 rings (SSSR count). The minimum Gasteiger partial charge on any atom is -0.490 e. The minimum absolute atomic E-state index is 0.00794. The van der Waals surface area contributed by atoms with Crippen molar-refractivity contribution in [2.24, 2.45) is 5.92 Å².